The average molecular weight is 761 g/mol. The van der Waals surface area contributed by atoms with E-state index in [-0.39, 0.29) is 40.1 Å². The maximum Gasteiger partial charge on any atom is 0.321 e. The molecule has 0 aliphatic carbocycles. The highest BCUT2D eigenvalue weighted by Crippen LogP contribution is 2.47. The zero-order valence-electron chi connectivity index (χ0n) is 37.5. The lowest BCUT2D eigenvalue weighted by atomic mass is 9.73. The van der Waals surface area contributed by atoms with Crippen molar-refractivity contribution in [3.8, 4) is 5.75 Å². The first kappa shape index (κ1) is 44.8. The number of phenolic OH excluding ortho intramolecular Hbond substituents is 1. The summed E-state index contributed by atoms with van der Waals surface area (Å²) in [5.41, 5.74) is 1.64. The van der Waals surface area contributed by atoms with Gasteiger partial charge in [-0.3, -0.25) is 19.4 Å². The van der Waals surface area contributed by atoms with Gasteiger partial charge < -0.3 is 14.6 Å². The van der Waals surface area contributed by atoms with Crippen LogP contribution in [0.2, 0.25) is 0 Å². The van der Waals surface area contributed by atoms with Crippen LogP contribution in [0.15, 0.2) is 42.5 Å². The van der Waals surface area contributed by atoms with E-state index in [1.165, 1.54) is 0 Å². The molecule has 2 aromatic carbocycles. The number of hydrogen-bond donors (Lipinski definition) is 1. The Hall–Kier alpha value is -2.90. The van der Waals surface area contributed by atoms with Crippen molar-refractivity contribution in [2.45, 2.75) is 199 Å². The molecule has 0 aromatic heterocycles. The Bertz CT molecular complexity index is 1530. The van der Waals surface area contributed by atoms with E-state index in [1.54, 1.807) is 0 Å². The first-order valence-corrected chi connectivity index (χ1v) is 21.1. The predicted molar refractivity (Wildman–Crippen MR) is 226 cm³/mol. The highest BCUT2D eigenvalue weighted by atomic mass is 16.6. The van der Waals surface area contributed by atoms with Crippen molar-refractivity contribution in [2.24, 2.45) is 5.92 Å². The van der Waals surface area contributed by atoms with Gasteiger partial charge in [0.15, 0.2) is 5.92 Å². The molecule has 0 spiro atoms. The van der Waals surface area contributed by atoms with Crippen molar-refractivity contribution in [1.82, 2.24) is 9.80 Å². The molecule has 4 rings (SSSR count). The van der Waals surface area contributed by atoms with Gasteiger partial charge in [0.2, 0.25) is 0 Å². The van der Waals surface area contributed by atoms with E-state index in [9.17, 15) is 5.11 Å². The Morgan fingerprint density at radius 1 is 0.655 bits per heavy atom. The minimum Gasteiger partial charge on any atom is -0.507 e. The quantitative estimate of drug-likeness (QED) is 0.180. The monoisotopic (exact) mass is 761 g/mol. The van der Waals surface area contributed by atoms with E-state index in [2.05, 4.69) is 121 Å². The molecular weight excluding hydrogens is 685 g/mol. The van der Waals surface area contributed by atoms with E-state index in [0.717, 1.165) is 47.9 Å². The summed E-state index contributed by atoms with van der Waals surface area (Å²) in [6.07, 6.45) is 5.63. The average Bonchev–Trinajstić information content (AvgIpc) is 3.11. The lowest BCUT2D eigenvalue weighted by Gasteiger charge is -2.56. The molecule has 2 heterocycles. The van der Waals surface area contributed by atoms with E-state index in [4.69, 9.17) is 9.47 Å². The van der Waals surface area contributed by atoms with Crippen LogP contribution in [-0.2, 0) is 29.9 Å². The van der Waals surface area contributed by atoms with Gasteiger partial charge in [-0.1, -0.05) is 112 Å². The normalized spacial score (nSPS) is 30.8. The molecule has 2 aliphatic heterocycles. The smallest absolute Gasteiger partial charge is 0.321 e. The van der Waals surface area contributed by atoms with E-state index in [1.807, 2.05) is 42.5 Å². The number of hydrogen-bond acceptors (Lipinski definition) is 7. The van der Waals surface area contributed by atoms with Crippen LogP contribution in [0.1, 0.15) is 176 Å². The maximum absolute atomic E-state index is 15.2. The second-order valence-corrected chi connectivity index (χ2v) is 20.3. The highest BCUT2D eigenvalue weighted by molar-refractivity contribution is 5.97. The molecule has 0 radical (unpaired) electrons. The number of carbonyl (C=O) groups is 2. The van der Waals surface area contributed by atoms with Gasteiger partial charge in [-0.2, -0.15) is 0 Å². The number of likely N-dealkylation sites (tertiary alicyclic amines) is 2. The lowest BCUT2D eigenvalue weighted by Crippen LogP contribution is -2.63. The number of phenols is 1. The summed E-state index contributed by atoms with van der Waals surface area (Å²) in [7, 11) is 4.38. The summed E-state index contributed by atoms with van der Waals surface area (Å²) < 4.78 is 13.3. The summed E-state index contributed by atoms with van der Waals surface area (Å²) in [6.45, 7) is 30.3. The van der Waals surface area contributed by atoms with Crippen LogP contribution in [-0.4, -0.2) is 75.3 Å². The zero-order valence-corrected chi connectivity index (χ0v) is 37.5. The molecule has 55 heavy (non-hydrogen) atoms. The van der Waals surface area contributed by atoms with Crippen molar-refractivity contribution >= 4 is 11.9 Å². The number of piperidine rings is 2. The van der Waals surface area contributed by atoms with E-state index in [0.29, 0.717) is 25.7 Å². The Labute approximate surface area is 334 Å². The van der Waals surface area contributed by atoms with Gasteiger partial charge in [-0.25, -0.2) is 0 Å². The Kier molecular flexibility index (Phi) is 13.2. The molecular formula is C48H76N2O5. The topological polar surface area (TPSA) is 79.3 Å². The predicted octanol–water partition coefficient (Wildman–Crippen LogP) is 10.7. The number of carbonyl (C=O) groups excluding carboxylic acids is 2. The Balaban J connectivity index is 1.94. The molecule has 0 saturated carbocycles. The molecule has 308 valence electrons. The SMILES string of the molecule is CCC1(C)CC(OC(=O)C(C(=O)OC2CC(C)(CC)N(C)C(C)(CC)C2)C(c2ccccc2)c2cc(C(C)(C)C)c(O)c(C(C)(C)C)c2)CC(C)(CC)N1C. The highest BCUT2D eigenvalue weighted by Gasteiger charge is 2.51. The summed E-state index contributed by atoms with van der Waals surface area (Å²) >= 11 is 0. The van der Waals surface area contributed by atoms with Crippen molar-refractivity contribution in [3.05, 3.63) is 64.7 Å². The van der Waals surface area contributed by atoms with Crippen LogP contribution < -0.4 is 0 Å². The fourth-order valence-corrected chi connectivity index (χ4v) is 9.71. The van der Waals surface area contributed by atoms with Crippen LogP contribution in [0.25, 0.3) is 0 Å². The summed E-state index contributed by atoms with van der Waals surface area (Å²) in [4.78, 5) is 35.4. The number of esters is 2. The molecule has 2 aliphatic rings. The zero-order chi connectivity index (χ0) is 41.5. The minimum absolute atomic E-state index is 0.174. The molecule has 2 saturated heterocycles. The second kappa shape index (κ2) is 16.2. The van der Waals surface area contributed by atoms with Gasteiger partial charge in [0.1, 0.15) is 18.0 Å². The fraction of sp³-hybridized carbons (Fsp3) is 0.708. The molecule has 7 nitrogen and oxygen atoms in total. The van der Waals surface area contributed by atoms with Crippen molar-refractivity contribution in [1.29, 1.82) is 0 Å². The van der Waals surface area contributed by atoms with Crippen molar-refractivity contribution in [3.63, 3.8) is 0 Å². The third-order valence-electron chi connectivity index (χ3n) is 14.6. The van der Waals surface area contributed by atoms with Gasteiger partial charge in [0.05, 0.1) is 0 Å². The molecule has 0 amide bonds. The molecule has 5 unspecified atom stereocenters. The first-order chi connectivity index (χ1) is 25.3. The number of rotatable bonds is 11. The number of benzene rings is 2. The maximum atomic E-state index is 15.2. The van der Waals surface area contributed by atoms with Crippen LogP contribution in [0.3, 0.4) is 0 Å². The molecule has 7 heteroatoms. The van der Waals surface area contributed by atoms with Gasteiger partial charge in [0.25, 0.3) is 0 Å². The van der Waals surface area contributed by atoms with Gasteiger partial charge in [0, 0.05) is 53.8 Å². The van der Waals surface area contributed by atoms with Gasteiger partial charge in [-0.15, -0.1) is 0 Å². The molecule has 0 bridgehead atoms. The van der Waals surface area contributed by atoms with Gasteiger partial charge in [-0.05, 0) is 101 Å². The van der Waals surface area contributed by atoms with Gasteiger partial charge >= 0.3 is 11.9 Å². The Morgan fingerprint density at radius 3 is 1.27 bits per heavy atom. The third kappa shape index (κ3) is 8.98. The minimum atomic E-state index is -1.27. The van der Waals surface area contributed by atoms with Crippen molar-refractivity contribution in [2.75, 3.05) is 14.1 Å². The van der Waals surface area contributed by atoms with Crippen LogP contribution in [0, 0.1) is 5.92 Å². The Morgan fingerprint density at radius 2 is 0.982 bits per heavy atom. The molecule has 2 aromatic rings. The van der Waals surface area contributed by atoms with Crippen LogP contribution in [0.5, 0.6) is 5.75 Å². The van der Waals surface area contributed by atoms with E-state index < -0.39 is 34.6 Å². The molecule has 5 atom stereocenters. The largest absolute Gasteiger partial charge is 0.507 e. The summed E-state index contributed by atoms with van der Waals surface area (Å²) in [5, 5.41) is 11.8. The lowest BCUT2D eigenvalue weighted by molar-refractivity contribution is -0.179. The van der Waals surface area contributed by atoms with Crippen LogP contribution >= 0.6 is 0 Å². The number of ether oxygens (including phenoxy) is 2. The number of aromatic hydroxyl groups is 1. The second-order valence-electron chi connectivity index (χ2n) is 20.3. The van der Waals surface area contributed by atoms with Crippen molar-refractivity contribution < 1.29 is 24.2 Å². The fourth-order valence-electron chi connectivity index (χ4n) is 9.71. The third-order valence-corrected chi connectivity index (χ3v) is 14.6. The molecule has 1 N–H and O–H groups in total. The number of nitrogens with zero attached hydrogens (tertiary/aromatic N) is 2. The van der Waals surface area contributed by atoms with Crippen LogP contribution in [0.4, 0.5) is 0 Å². The summed E-state index contributed by atoms with van der Waals surface area (Å²) in [5.74, 6) is -2.82. The molecule has 2 fully saturated rings. The first-order valence-electron chi connectivity index (χ1n) is 21.1. The van der Waals surface area contributed by atoms with E-state index >= 15 is 9.59 Å². The standard InChI is InChI=1S/C48H76N2O5/c1-17-45(11)28-34(29-46(12,18-2)49(45)15)54-41(52)39(42(53)55-35-30-47(13,19-3)50(16)48(14,20-4)31-35)38(32-24-22-21-23-25-32)33-26-36(43(5,6)7)40(51)37(27-33)44(8,9)10/h21-27,34-35,38-39,51H,17-20,28-31H2,1-16H3. The summed E-state index contributed by atoms with van der Waals surface area (Å²) in [6, 6.07) is 13.9.